The van der Waals surface area contributed by atoms with Crippen molar-refractivity contribution in [3.8, 4) is 22.0 Å². The molecule has 0 aliphatic carbocycles. The van der Waals surface area contributed by atoms with Crippen LogP contribution in [0.2, 0.25) is 10.0 Å². The van der Waals surface area contributed by atoms with Crippen LogP contribution in [0, 0.1) is 6.92 Å². The maximum atomic E-state index is 12.4. The van der Waals surface area contributed by atoms with Gasteiger partial charge in [-0.1, -0.05) is 41.0 Å². The quantitative estimate of drug-likeness (QED) is 0.231. The van der Waals surface area contributed by atoms with E-state index in [1.807, 2.05) is 30.3 Å². The predicted molar refractivity (Wildman–Crippen MR) is 141 cm³/mol. The summed E-state index contributed by atoms with van der Waals surface area (Å²) >= 11 is 15.1. The van der Waals surface area contributed by atoms with E-state index < -0.39 is 0 Å². The molecule has 2 N–H and O–H groups in total. The molecule has 0 bridgehead atoms. The first-order valence-corrected chi connectivity index (χ1v) is 12.8. The van der Waals surface area contributed by atoms with Crippen molar-refractivity contribution in [3.05, 3.63) is 76.3 Å². The van der Waals surface area contributed by atoms with Gasteiger partial charge in [0.2, 0.25) is 11.1 Å². The minimum absolute atomic E-state index is 0.149. The zero-order valence-corrected chi connectivity index (χ0v) is 20.9. The number of hydrogen-bond donors (Lipinski definition) is 2. The standard InChI is InChI=1S/C24H17Cl2N5OS2/c1-13-2-9-19-20(10-13)34-23(28-19)14-3-6-16(7-4-14)27-21(32)12-33-24-29-22(30-31-24)17-8-5-15(25)11-18(17)26/h2-11H,12H2,1H3,(H,27,32)(H,29,30,31). The molecule has 0 saturated heterocycles. The number of halogens is 2. The van der Waals surface area contributed by atoms with Crippen LogP contribution in [0.4, 0.5) is 5.69 Å². The van der Waals surface area contributed by atoms with Crippen LogP contribution in [0.15, 0.2) is 65.8 Å². The second kappa shape index (κ2) is 9.76. The Morgan fingerprint density at radius 1 is 1.06 bits per heavy atom. The summed E-state index contributed by atoms with van der Waals surface area (Å²) in [6.45, 7) is 2.07. The van der Waals surface area contributed by atoms with Crippen molar-refractivity contribution < 1.29 is 4.79 Å². The Bertz CT molecular complexity index is 1500. The molecular weight excluding hydrogens is 509 g/mol. The smallest absolute Gasteiger partial charge is 0.234 e. The van der Waals surface area contributed by atoms with Gasteiger partial charge in [0, 0.05) is 21.8 Å². The number of nitrogens with one attached hydrogen (secondary N) is 2. The minimum Gasteiger partial charge on any atom is -0.325 e. The van der Waals surface area contributed by atoms with Gasteiger partial charge in [-0.2, -0.15) is 0 Å². The number of hydrogen-bond acceptors (Lipinski definition) is 6. The van der Waals surface area contributed by atoms with Crippen molar-refractivity contribution in [2.75, 3.05) is 11.1 Å². The first kappa shape index (κ1) is 22.9. The number of rotatable bonds is 6. The van der Waals surface area contributed by atoms with E-state index in [1.165, 1.54) is 17.3 Å². The Kier molecular flexibility index (Phi) is 6.56. The fourth-order valence-corrected chi connectivity index (χ4v) is 5.46. The molecule has 0 aliphatic rings. The van der Waals surface area contributed by atoms with Gasteiger partial charge in [0.05, 0.1) is 21.0 Å². The van der Waals surface area contributed by atoms with Crippen LogP contribution in [0.5, 0.6) is 0 Å². The molecule has 0 spiro atoms. The van der Waals surface area contributed by atoms with Crippen molar-refractivity contribution in [1.29, 1.82) is 0 Å². The van der Waals surface area contributed by atoms with E-state index in [1.54, 1.807) is 29.5 Å². The summed E-state index contributed by atoms with van der Waals surface area (Å²) < 4.78 is 1.16. The van der Waals surface area contributed by atoms with E-state index in [4.69, 9.17) is 28.2 Å². The number of anilines is 1. The van der Waals surface area contributed by atoms with Crippen LogP contribution in [0.1, 0.15) is 5.56 Å². The van der Waals surface area contributed by atoms with Crippen molar-refractivity contribution in [1.82, 2.24) is 20.2 Å². The largest absolute Gasteiger partial charge is 0.325 e. The first-order valence-electron chi connectivity index (χ1n) is 10.2. The lowest BCUT2D eigenvalue weighted by Crippen LogP contribution is -2.14. The number of thiazole rings is 1. The van der Waals surface area contributed by atoms with Crippen LogP contribution in [-0.2, 0) is 4.79 Å². The Hall–Kier alpha value is -2.91. The van der Waals surface area contributed by atoms with Gasteiger partial charge in [-0.25, -0.2) is 9.97 Å². The topological polar surface area (TPSA) is 83.6 Å². The maximum Gasteiger partial charge on any atom is 0.234 e. The number of benzene rings is 3. The van der Waals surface area contributed by atoms with Crippen LogP contribution in [-0.4, -0.2) is 31.8 Å². The van der Waals surface area contributed by atoms with Crippen molar-refractivity contribution in [2.45, 2.75) is 12.1 Å². The van der Waals surface area contributed by atoms with Gasteiger partial charge in [-0.05, 0) is 67.1 Å². The monoisotopic (exact) mass is 525 g/mol. The van der Waals surface area contributed by atoms with Gasteiger partial charge in [-0.3, -0.25) is 9.89 Å². The number of aryl methyl sites for hydroxylation is 1. The summed E-state index contributed by atoms with van der Waals surface area (Å²) in [6, 6.07) is 19.1. The average Bonchev–Trinajstić information content (AvgIpc) is 3.45. The normalized spacial score (nSPS) is 11.1. The number of aromatic amines is 1. The number of H-pyrrole nitrogens is 1. The average molecular weight is 526 g/mol. The second-order valence-corrected chi connectivity index (χ2v) is 10.3. The number of carbonyl (C=O) groups is 1. The number of carbonyl (C=O) groups excluding carboxylic acids is 1. The van der Waals surface area contributed by atoms with Gasteiger partial charge >= 0.3 is 0 Å². The molecule has 10 heteroatoms. The van der Waals surface area contributed by atoms with E-state index in [-0.39, 0.29) is 11.7 Å². The Labute approximate surface area is 213 Å². The van der Waals surface area contributed by atoms with Gasteiger partial charge in [0.15, 0.2) is 5.82 Å². The molecule has 6 nitrogen and oxygen atoms in total. The van der Waals surface area contributed by atoms with E-state index in [9.17, 15) is 4.79 Å². The van der Waals surface area contributed by atoms with E-state index in [2.05, 4.69) is 39.6 Å². The summed E-state index contributed by atoms with van der Waals surface area (Å²) in [5, 5.41) is 12.3. The summed E-state index contributed by atoms with van der Waals surface area (Å²) in [6.07, 6.45) is 0. The number of thioether (sulfide) groups is 1. The van der Waals surface area contributed by atoms with Gasteiger partial charge in [0.25, 0.3) is 0 Å². The highest BCUT2D eigenvalue weighted by Crippen LogP contribution is 2.32. The lowest BCUT2D eigenvalue weighted by molar-refractivity contribution is -0.113. The predicted octanol–water partition coefficient (Wildman–Crippen LogP) is 7.09. The molecule has 2 heterocycles. The number of amides is 1. The fourth-order valence-electron chi connectivity index (χ4n) is 3.29. The number of aromatic nitrogens is 4. The molecule has 3 aromatic carbocycles. The zero-order valence-electron chi connectivity index (χ0n) is 17.8. The van der Waals surface area contributed by atoms with E-state index in [0.717, 1.165) is 26.5 Å². The third kappa shape index (κ3) is 5.10. The first-order chi connectivity index (χ1) is 16.4. The fraction of sp³-hybridized carbons (Fsp3) is 0.0833. The number of nitrogens with zero attached hydrogens (tertiary/aromatic N) is 3. The van der Waals surface area contributed by atoms with Crippen LogP contribution >= 0.6 is 46.3 Å². The molecule has 1 amide bonds. The van der Waals surface area contributed by atoms with Crippen LogP contribution < -0.4 is 5.32 Å². The van der Waals surface area contributed by atoms with Crippen molar-refractivity contribution in [3.63, 3.8) is 0 Å². The third-order valence-corrected chi connectivity index (χ3v) is 7.41. The molecule has 0 aliphatic heterocycles. The highest BCUT2D eigenvalue weighted by atomic mass is 35.5. The summed E-state index contributed by atoms with van der Waals surface area (Å²) in [5.41, 5.74) is 4.63. The van der Waals surface area contributed by atoms with E-state index >= 15 is 0 Å². The summed E-state index contributed by atoms with van der Waals surface area (Å²) in [5.74, 6) is 0.541. The van der Waals surface area contributed by atoms with Gasteiger partial charge < -0.3 is 5.32 Å². The van der Waals surface area contributed by atoms with Crippen LogP contribution in [0.3, 0.4) is 0 Å². The molecule has 0 atom stereocenters. The van der Waals surface area contributed by atoms with Gasteiger partial charge in [0.1, 0.15) is 5.01 Å². The summed E-state index contributed by atoms with van der Waals surface area (Å²) in [4.78, 5) is 21.5. The maximum absolute atomic E-state index is 12.4. The Morgan fingerprint density at radius 3 is 2.68 bits per heavy atom. The van der Waals surface area contributed by atoms with Crippen LogP contribution in [0.25, 0.3) is 32.2 Å². The highest BCUT2D eigenvalue weighted by molar-refractivity contribution is 7.99. The lowest BCUT2D eigenvalue weighted by atomic mass is 10.2. The molecular formula is C24H17Cl2N5OS2. The lowest BCUT2D eigenvalue weighted by Gasteiger charge is -2.05. The summed E-state index contributed by atoms with van der Waals surface area (Å²) in [7, 11) is 0. The molecule has 0 fully saturated rings. The Morgan fingerprint density at radius 2 is 1.88 bits per heavy atom. The molecule has 0 saturated carbocycles. The van der Waals surface area contributed by atoms with Crippen molar-refractivity contribution >= 4 is 68.1 Å². The van der Waals surface area contributed by atoms with Gasteiger partial charge in [-0.15, -0.1) is 16.4 Å². The van der Waals surface area contributed by atoms with Crippen molar-refractivity contribution in [2.24, 2.45) is 0 Å². The highest BCUT2D eigenvalue weighted by Gasteiger charge is 2.12. The molecule has 2 aromatic heterocycles. The number of fused-ring (bicyclic) bond motifs is 1. The third-order valence-electron chi connectivity index (χ3n) is 4.94. The molecule has 0 unspecified atom stereocenters. The zero-order chi connectivity index (χ0) is 23.7. The molecule has 34 heavy (non-hydrogen) atoms. The molecule has 0 radical (unpaired) electrons. The Balaban J connectivity index is 1.19. The second-order valence-electron chi connectivity index (χ2n) is 7.50. The molecule has 170 valence electrons. The van der Waals surface area contributed by atoms with E-state index in [0.29, 0.717) is 26.6 Å². The SMILES string of the molecule is Cc1ccc2nc(-c3ccc(NC(=O)CSc4n[nH]c(-c5ccc(Cl)cc5Cl)n4)cc3)sc2c1. The molecule has 5 aromatic rings. The molecule has 5 rings (SSSR count). The minimum atomic E-state index is -0.149.